The van der Waals surface area contributed by atoms with Crippen molar-refractivity contribution in [3.05, 3.63) is 35.9 Å². The van der Waals surface area contributed by atoms with Crippen molar-refractivity contribution < 1.29 is 14.3 Å². The molecule has 2 aliphatic heterocycles. The fourth-order valence-corrected chi connectivity index (χ4v) is 4.61. The minimum atomic E-state index is -0.486. The van der Waals surface area contributed by atoms with E-state index in [0.717, 1.165) is 5.56 Å². The van der Waals surface area contributed by atoms with Crippen molar-refractivity contribution >= 4 is 23.6 Å². The summed E-state index contributed by atoms with van der Waals surface area (Å²) in [4.78, 5) is 26.2. The molecule has 3 atom stereocenters. The van der Waals surface area contributed by atoms with Crippen LogP contribution >= 0.6 is 11.8 Å². The van der Waals surface area contributed by atoms with Gasteiger partial charge in [-0.2, -0.15) is 0 Å². The van der Waals surface area contributed by atoms with Gasteiger partial charge >= 0.3 is 5.97 Å². The van der Waals surface area contributed by atoms with Gasteiger partial charge in [0.1, 0.15) is 12.6 Å². The Balaban J connectivity index is 1.70. The molecule has 112 valence electrons. The molecule has 0 N–H and O–H groups in total. The third-order valence-corrected chi connectivity index (χ3v) is 5.86. The molecule has 21 heavy (non-hydrogen) atoms. The lowest BCUT2D eigenvalue weighted by molar-refractivity contribution is -0.166. The zero-order valence-corrected chi connectivity index (χ0v) is 13.2. The average molecular weight is 305 g/mol. The Morgan fingerprint density at radius 2 is 2.00 bits per heavy atom. The van der Waals surface area contributed by atoms with Crippen molar-refractivity contribution in [1.82, 2.24) is 4.90 Å². The molecule has 5 heteroatoms. The van der Waals surface area contributed by atoms with Crippen molar-refractivity contribution in [2.75, 3.05) is 0 Å². The second kappa shape index (κ2) is 5.05. The molecule has 0 spiro atoms. The molecule has 2 fully saturated rings. The molecule has 0 bridgehead atoms. The molecular formula is C16H19NO3S. The van der Waals surface area contributed by atoms with Crippen molar-refractivity contribution in [3.63, 3.8) is 0 Å². The highest BCUT2D eigenvalue weighted by Gasteiger charge is 2.62. The molecule has 0 radical (unpaired) electrons. The smallest absolute Gasteiger partial charge is 0.330 e. The van der Waals surface area contributed by atoms with Gasteiger partial charge in [0.2, 0.25) is 5.91 Å². The fraction of sp³-hybridized carbons (Fsp3) is 0.500. The number of esters is 1. The van der Waals surface area contributed by atoms with Crippen molar-refractivity contribution in [2.24, 2.45) is 5.92 Å². The van der Waals surface area contributed by atoms with Gasteiger partial charge in [-0.1, -0.05) is 37.3 Å². The lowest BCUT2D eigenvalue weighted by Crippen LogP contribution is -2.61. The lowest BCUT2D eigenvalue weighted by atomic mass is 9.93. The number of rotatable bonds is 3. The Kier molecular flexibility index (Phi) is 3.48. The van der Waals surface area contributed by atoms with Gasteiger partial charge in [-0.05, 0) is 19.4 Å². The van der Waals surface area contributed by atoms with E-state index in [4.69, 9.17) is 4.74 Å². The summed E-state index contributed by atoms with van der Waals surface area (Å²) in [5.41, 5.74) is 0.953. The molecule has 1 aromatic rings. The summed E-state index contributed by atoms with van der Waals surface area (Å²) < 4.78 is 5.13. The molecule has 3 rings (SSSR count). The lowest BCUT2D eigenvalue weighted by Gasteiger charge is -2.42. The highest BCUT2D eigenvalue weighted by Crippen LogP contribution is 2.53. The largest absolute Gasteiger partial charge is 0.459 e. The van der Waals surface area contributed by atoms with E-state index in [-0.39, 0.29) is 34.5 Å². The molecule has 1 amide bonds. The van der Waals surface area contributed by atoms with Crippen LogP contribution in [0.4, 0.5) is 0 Å². The highest BCUT2D eigenvalue weighted by atomic mass is 32.2. The van der Waals surface area contributed by atoms with Crippen LogP contribution in [0.1, 0.15) is 26.3 Å². The first kappa shape index (κ1) is 14.4. The number of hydrogen-bond donors (Lipinski definition) is 0. The van der Waals surface area contributed by atoms with Gasteiger partial charge < -0.3 is 9.64 Å². The number of amides is 1. The zero-order chi connectivity index (χ0) is 15.2. The molecule has 1 aromatic carbocycles. The predicted molar refractivity (Wildman–Crippen MR) is 81.5 cm³/mol. The molecule has 0 unspecified atom stereocenters. The second-order valence-electron chi connectivity index (χ2n) is 6.14. The number of hydrogen-bond acceptors (Lipinski definition) is 4. The molecule has 0 saturated carbocycles. The standard InChI is InChI=1S/C16H19NO3S/c1-10-13(18)17-12(16(2,3)21-14(10)17)15(19)20-9-11-7-5-4-6-8-11/h4-8,10,12,14H,9H2,1-3H3/t10-,12+,14-/m1/s1. The van der Waals surface area contributed by atoms with Crippen LogP contribution in [-0.4, -0.2) is 32.9 Å². The van der Waals surface area contributed by atoms with Gasteiger partial charge in [-0.25, -0.2) is 4.79 Å². The maximum atomic E-state index is 12.4. The maximum Gasteiger partial charge on any atom is 0.330 e. The molecule has 2 saturated heterocycles. The molecule has 2 heterocycles. The molecule has 0 aliphatic carbocycles. The Morgan fingerprint density at radius 1 is 1.33 bits per heavy atom. The Labute approximate surface area is 128 Å². The van der Waals surface area contributed by atoms with E-state index < -0.39 is 6.04 Å². The maximum absolute atomic E-state index is 12.4. The first-order valence-electron chi connectivity index (χ1n) is 7.12. The fourth-order valence-electron chi connectivity index (χ4n) is 2.99. The minimum absolute atomic E-state index is 0.00111. The van der Waals surface area contributed by atoms with Gasteiger partial charge in [0.15, 0.2) is 0 Å². The molecular weight excluding hydrogens is 286 g/mol. The van der Waals surface area contributed by atoms with Crippen LogP contribution < -0.4 is 0 Å². The SMILES string of the molecule is C[C@@H]1C(=O)N2[C@@H]1SC(C)(C)[C@@H]2C(=O)OCc1ccccc1. The quantitative estimate of drug-likeness (QED) is 0.635. The number of benzene rings is 1. The topological polar surface area (TPSA) is 46.6 Å². The minimum Gasteiger partial charge on any atom is -0.459 e. The van der Waals surface area contributed by atoms with Crippen LogP contribution in [-0.2, 0) is 20.9 Å². The van der Waals surface area contributed by atoms with Crippen LogP contribution in [0.3, 0.4) is 0 Å². The second-order valence-corrected chi connectivity index (χ2v) is 7.91. The Hall–Kier alpha value is -1.49. The van der Waals surface area contributed by atoms with E-state index >= 15 is 0 Å². The number of carbonyl (C=O) groups is 2. The molecule has 4 nitrogen and oxygen atoms in total. The van der Waals surface area contributed by atoms with Crippen molar-refractivity contribution in [1.29, 1.82) is 0 Å². The Morgan fingerprint density at radius 3 is 2.67 bits per heavy atom. The summed E-state index contributed by atoms with van der Waals surface area (Å²) in [6.45, 7) is 6.18. The van der Waals surface area contributed by atoms with Crippen molar-refractivity contribution in [3.8, 4) is 0 Å². The monoisotopic (exact) mass is 305 g/mol. The number of ether oxygens (including phenoxy) is 1. The van der Waals surface area contributed by atoms with E-state index in [1.54, 1.807) is 16.7 Å². The summed E-state index contributed by atoms with van der Waals surface area (Å²) in [5.74, 6) is -0.250. The Bertz CT molecular complexity index is 572. The van der Waals surface area contributed by atoms with Crippen molar-refractivity contribution in [2.45, 2.75) is 43.5 Å². The van der Waals surface area contributed by atoms with Crippen LogP contribution in [0.25, 0.3) is 0 Å². The third kappa shape index (κ3) is 2.33. The number of carbonyl (C=O) groups excluding carboxylic acids is 2. The van der Waals surface area contributed by atoms with E-state index in [1.165, 1.54) is 0 Å². The first-order valence-corrected chi connectivity index (χ1v) is 8.00. The van der Waals surface area contributed by atoms with Gasteiger partial charge in [-0.15, -0.1) is 11.8 Å². The zero-order valence-electron chi connectivity index (χ0n) is 12.4. The van der Waals surface area contributed by atoms with Crippen LogP contribution in [0.2, 0.25) is 0 Å². The van der Waals surface area contributed by atoms with Gasteiger partial charge in [0.05, 0.1) is 11.3 Å². The van der Waals surface area contributed by atoms with Crippen LogP contribution in [0.5, 0.6) is 0 Å². The highest BCUT2D eigenvalue weighted by molar-refractivity contribution is 8.01. The van der Waals surface area contributed by atoms with Gasteiger partial charge in [0.25, 0.3) is 0 Å². The third-order valence-electron chi connectivity index (χ3n) is 4.15. The summed E-state index contributed by atoms with van der Waals surface area (Å²) >= 11 is 1.69. The van der Waals surface area contributed by atoms with Gasteiger partial charge in [0, 0.05) is 4.75 Å². The van der Waals surface area contributed by atoms with Crippen LogP contribution in [0.15, 0.2) is 30.3 Å². The number of fused-ring (bicyclic) bond motifs is 1. The van der Waals surface area contributed by atoms with E-state index in [0.29, 0.717) is 0 Å². The van der Waals surface area contributed by atoms with E-state index in [9.17, 15) is 9.59 Å². The average Bonchev–Trinajstić information content (AvgIpc) is 2.74. The molecule has 0 aromatic heterocycles. The summed E-state index contributed by atoms with van der Waals surface area (Å²) in [7, 11) is 0. The predicted octanol–water partition coefficient (Wildman–Crippen LogP) is 2.43. The number of β-lactam (4-membered cyclic amide) rings is 1. The number of nitrogens with zero attached hydrogens (tertiary/aromatic N) is 1. The van der Waals surface area contributed by atoms with E-state index in [1.807, 2.05) is 51.1 Å². The molecule has 2 aliphatic rings. The van der Waals surface area contributed by atoms with Gasteiger partial charge in [-0.3, -0.25) is 4.79 Å². The summed E-state index contributed by atoms with van der Waals surface area (Å²) in [5, 5.41) is 0.113. The summed E-state index contributed by atoms with van der Waals surface area (Å²) in [6.07, 6.45) is 0. The van der Waals surface area contributed by atoms with E-state index in [2.05, 4.69) is 0 Å². The van der Waals surface area contributed by atoms with Crippen LogP contribution in [0, 0.1) is 5.92 Å². The summed E-state index contributed by atoms with van der Waals surface area (Å²) in [6, 6.07) is 9.10. The first-order chi connectivity index (χ1) is 9.92. The normalized spacial score (nSPS) is 29.8. The number of thioether (sulfide) groups is 1.